The highest BCUT2D eigenvalue weighted by Crippen LogP contribution is 2.38. The van der Waals surface area contributed by atoms with E-state index >= 15 is 0 Å². The van der Waals surface area contributed by atoms with Gasteiger partial charge in [-0.15, -0.1) is 0 Å². The minimum atomic E-state index is 0.0607. The zero-order valence-electron chi connectivity index (χ0n) is 22.3. The Morgan fingerprint density at radius 2 is 1.59 bits per heavy atom. The summed E-state index contributed by atoms with van der Waals surface area (Å²) in [4.78, 5) is 27.3. The minimum Gasteiger partial charge on any atom is -0.495 e. The number of nitrogens with one attached hydrogen (secondary N) is 2. The lowest BCUT2D eigenvalue weighted by atomic mass is 10.2. The lowest BCUT2D eigenvalue weighted by molar-refractivity contribution is -0.131. The molecule has 1 amide bonds. The number of methoxy groups -OCH3 is 2. The van der Waals surface area contributed by atoms with Crippen molar-refractivity contribution in [3.63, 3.8) is 0 Å². The Bertz CT molecular complexity index is 1330. The molecule has 1 aliphatic heterocycles. The molecular formula is C26H32Cl2N8O3. The van der Waals surface area contributed by atoms with Gasteiger partial charge in [0, 0.05) is 51.4 Å². The van der Waals surface area contributed by atoms with Crippen molar-refractivity contribution in [2.75, 3.05) is 82.3 Å². The zero-order valence-corrected chi connectivity index (χ0v) is 23.8. The van der Waals surface area contributed by atoms with E-state index in [2.05, 4.69) is 32.5 Å². The van der Waals surface area contributed by atoms with Gasteiger partial charge in [0.05, 0.1) is 53.6 Å². The third kappa shape index (κ3) is 6.86. The molecule has 0 aliphatic carbocycles. The van der Waals surface area contributed by atoms with Crippen molar-refractivity contribution in [2.45, 2.75) is 0 Å². The Hall–Kier alpha value is -3.67. The van der Waals surface area contributed by atoms with Gasteiger partial charge in [0.15, 0.2) is 0 Å². The number of ether oxygens (including phenoxy) is 2. The molecule has 39 heavy (non-hydrogen) atoms. The van der Waals surface area contributed by atoms with Gasteiger partial charge in [-0.2, -0.15) is 0 Å². The second-order valence-electron chi connectivity index (χ2n) is 9.16. The summed E-state index contributed by atoms with van der Waals surface area (Å²) in [5, 5.41) is 7.19. The van der Waals surface area contributed by atoms with Crippen molar-refractivity contribution < 1.29 is 14.3 Å². The number of piperazine rings is 1. The number of carbonyl (C=O) groups is 1. The molecule has 1 fully saturated rings. The van der Waals surface area contributed by atoms with Crippen LogP contribution in [0.2, 0.25) is 10.0 Å². The highest BCUT2D eigenvalue weighted by Gasteiger charge is 2.22. The maximum atomic E-state index is 12.8. The number of likely N-dealkylation sites (N-methyl/N-ethyl adjacent to an activating group) is 2. The SMILES string of the molecule is COc1cc(Nc2cc(Nc3cc(N)c(N(C)CC(=O)N4CCN(C)CC4)cc3OC)ncn2)c(Cl)cc1Cl. The summed E-state index contributed by atoms with van der Waals surface area (Å²) in [6, 6.07) is 8.54. The molecule has 0 bridgehead atoms. The Labute approximate surface area is 237 Å². The maximum absolute atomic E-state index is 12.8. The van der Waals surface area contributed by atoms with Crippen molar-refractivity contribution in [1.82, 2.24) is 19.8 Å². The molecule has 0 unspecified atom stereocenters. The van der Waals surface area contributed by atoms with E-state index < -0.39 is 0 Å². The molecule has 1 saturated heterocycles. The Morgan fingerprint density at radius 3 is 2.23 bits per heavy atom. The van der Waals surface area contributed by atoms with E-state index in [-0.39, 0.29) is 12.5 Å². The lowest BCUT2D eigenvalue weighted by Crippen LogP contribution is -2.49. The van der Waals surface area contributed by atoms with Gasteiger partial charge in [-0.05, 0) is 19.2 Å². The standard InChI is InChI=1S/C26H32Cl2N8O3/c1-34-5-7-36(8-6-34)26(37)14-35(2)21-12-23(39-4)20(10-18(21)29)33-25-13-24(30-15-31-25)32-19-11-22(38-3)17(28)9-16(19)27/h9-13,15H,5-8,14,29H2,1-4H3,(H2,30,31,32,33). The van der Waals surface area contributed by atoms with E-state index in [4.69, 9.17) is 38.4 Å². The average Bonchev–Trinajstić information content (AvgIpc) is 2.91. The second kappa shape index (κ2) is 12.5. The van der Waals surface area contributed by atoms with Crippen molar-refractivity contribution >= 4 is 63.5 Å². The predicted molar refractivity (Wildman–Crippen MR) is 156 cm³/mol. The van der Waals surface area contributed by atoms with Crippen LogP contribution in [-0.4, -0.2) is 86.7 Å². The fraction of sp³-hybridized carbons (Fsp3) is 0.346. The zero-order chi connectivity index (χ0) is 28.1. The second-order valence-corrected chi connectivity index (χ2v) is 9.97. The van der Waals surface area contributed by atoms with Crippen molar-refractivity contribution in [2.24, 2.45) is 0 Å². The number of nitrogens with zero attached hydrogens (tertiary/aromatic N) is 5. The first-order valence-electron chi connectivity index (χ1n) is 12.2. The van der Waals surface area contributed by atoms with Crippen LogP contribution in [0.4, 0.5) is 34.4 Å². The largest absolute Gasteiger partial charge is 0.495 e. The van der Waals surface area contributed by atoms with Crippen LogP contribution in [0.25, 0.3) is 0 Å². The Morgan fingerprint density at radius 1 is 0.949 bits per heavy atom. The molecule has 0 radical (unpaired) electrons. The third-order valence-corrected chi connectivity index (χ3v) is 7.03. The quantitative estimate of drug-likeness (QED) is 0.322. The Balaban J connectivity index is 1.49. The Kier molecular flexibility index (Phi) is 9.05. The predicted octanol–water partition coefficient (Wildman–Crippen LogP) is 4.08. The number of nitrogens with two attached hydrogens (primary N) is 1. The number of nitrogen functional groups attached to an aromatic ring is 1. The number of anilines is 6. The van der Waals surface area contributed by atoms with Crippen molar-refractivity contribution in [3.8, 4) is 11.5 Å². The molecule has 4 N–H and O–H groups in total. The van der Waals surface area contributed by atoms with Gasteiger partial charge in [-0.3, -0.25) is 4.79 Å². The van der Waals surface area contributed by atoms with Crippen LogP contribution in [0.15, 0.2) is 36.7 Å². The van der Waals surface area contributed by atoms with Crippen LogP contribution >= 0.6 is 23.2 Å². The summed E-state index contributed by atoms with van der Waals surface area (Å²) >= 11 is 12.5. The first kappa shape index (κ1) is 28.3. The van der Waals surface area contributed by atoms with Gasteiger partial charge in [0.1, 0.15) is 29.5 Å². The highest BCUT2D eigenvalue weighted by atomic mass is 35.5. The molecule has 208 valence electrons. The topological polar surface area (TPSA) is 121 Å². The molecule has 2 aromatic carbocycles. The summed E-state index contributed by atoms with van der Waals surface area (Å²) in [7, 11) is 6.99. The van der Waals surface area contributed by atoms with Gasteiger partial charge in [0.2, 0.25) is 5.91 Å². The summed E-state index contributed by atoms with van der Waals surface area (Å²) < 4.78 is 10.9. The maximum Gasteiger partial charge on any atom is 0.242 e. The normalized spacial score (nSPS) is 13.6. The van der Waals surface area contributed by atoms with E-state index in [1.807, 2.05) is 16.8 Å². The summed E-state index contributed by atoms with van der Waals surface area (Å²) in [6.45, 7) is 3.39. The van der Waals surface area contributed by atoms with Gasteiger partial charge in [-0.25, -0.2) is 9.97 Å². The van der Waals surface area contributed by atoms with Crippen LogP contribution in [-0.2, 0) is 4.79 Å². The van der Waals surface area contributed by atoms with Crippen LogP contribution < -0.4 is 30.7 Å². The number of hydrogen-bond donors (Lipinski definition) is 3. The monoisotopic (exact) mass is 574 g/mol. The van der Waals surface area contributed by atoms with E-state index in [0.717, 1.165) is 26.2 Å². The van der Waals surface area contributed by atoms with Crippen molar-refractivity contribution in [3.05, 3.63) is 46.7 Å². The fourth-order valence-corrected chi connectivity index (χ4v) is 4.69. The van der Waals surface area contributed by atoms with E-state index in [1.165, 1.54) is 13.4 Å². The fourth-order valence-electron chi connectivity index (χ4n) is 4.18. The van der Waals surface area contributed by atoms with Gasteiger partial charge in [0.25, 0.3) is 0 Å². The summed E-state index contributed by atoms with van der Waals surface area (Å²) in [6.07, 6.45) is 1.41. The van der Waals surface area contributed by atoms with Gasteiger partial charge >= 0.3 is 0 Å². The minimum absolute atomic E-state index is 0.0607. The van der Waals surface area contributed by atoms with Crippen molar-refractivity contribution in [1.29, 1.82) is 0 Å². The number of rotatable bonds is 9. The first-order valence-corrected chi connectivity index (χ1v) is 13.0. The number of halogens is 2. The number of carbonyl (C=O) groups excluding carboxylic acids is 1. The molecule has 1 aliphatic rings. The number of hydrogen-bond acceptors (Lipinski definition) is 10. The van der Waals surface area contributed by atoms with Gasteiger partial charge < -0.3 is 40.5 Å². The molecule has 0 spiro atoms. The van der Waals surface area contributed by atoms with Crippen LogP contribution in [0, 0.1) is 0 Å². The first-order chi connectivity index (χ1) is 18.7. The van der Waals surface area contributed by atoms with Crippen LogP contribution in [0.5, 0.6) is 11.5 Å². The summed E-state index contributed by atoms with van der Waals surface area (Å²) in [5.74, 6) is 2.06. The molecule has 4 rings (SSSR count). The molecule has 2 heterocycles. The molecule has 3 aromatic rings. The molecule has 0 saturated carbocycles. The van der Waals surface area contributed by atoms with Crippen LogP contribution in [0.1, 0.15) is 0 Å². The van der Waals surface area contributed by atoms with Crippen LogP contribution in [0.3, 0.4) is 0 Å². The smallest absolute Gasteiger partial charge is 0.242 e. The average molecular weight is 576 g/mol. The highest BCUT2D eigenvalue weighted by molar-refractivity contribution is 6.37. The summed E-state index contributed by atoms with van der Waals surface area (Å²) in [5.41, 5.74) is 8.76. The molecule has 1 aromatic heterocycles. The molecular weight excluding hydrogens is 543 g/mol. The van der Waals surface area contributed by atoms with E-state index in [0.29, 0.717) is 55.9 Å². The lowest BCUT2D eigenvalue weighted by Gasteiger charge is -2.34. The number of benzene rings is 2. The molecule has 0 atom stereocenters. The van der Waals surface area contributed by atoms with Gasteiger partial charge in [-0.1, -0.05) is 23.2 Å². The number of amides is 1. The molecule has 11 nitrogen and oxygen atoms in total. The molecule has 13 heteroatoms. The number of aromatic nitrogens is 2. The van der Waals surface area contributed by atoms with E-state index in [1.54, 1.807) is 37.4 Å². The van der Waals surface area contributed by atoms with E-state index in [9.17, 15) is 4.79 Å². The third-order valence-electron chi connectivity index (χ3n) is 6.42.